The summed E-state index contributed by atoms with van der Waals surface area (Å²) in [5.41, 5.74) is 0.856. The fourth-order valence-corrected chi connectivity index (χ4v) is 2.44. The zero-order chi connectivity index (χ0) is 16.6. The van der Waals surface area contributed by atoms with Gasteiger partial charge in [0.2, 0.25) is 5.91 Å². The quantitative estimate of drug-likeness (QED) is 0.618. The maximum atomic E-state index is 11.9. The van der Waals surface area contributed by atoms with Crippen molar-refractivity contribution in [1.29, 1.82) is 0 Å². The van der Waals surface area contributed by atoms with Gasteiger partial charge >= 0.3 is 0 Å². The van der Waals surface area contributed by atoms with Crippen molar-refractivity contribution in [3.63, 3.8) is 0 Å². The number of hydrogen-bond donors (Lipinski definition) is 2. The molecule has 1 amide bonds. The van der Waals surface area contributed by atoms with E-state index < -0.39 is 0 Å². The van der Waals surface area contributed by atoms with Crippen LogP contribution in [0, 0.1) is 0 Å². The third-order valence-corrected chi connectivity index (χ3v) is 3.68. The number of rotatable bonds is 8. The van der Waals surface area contributed by atoms with Crippen LogP contribution < -0.4 is 10.6 Å². The maximum absolute atomic E-state index is 11.9. The zero-order valence-electron chi connectivity index (χ0n) is 13.4. The highest BCUT2D eigenvalue weighted by Gasteiger charge is 2.05. The number of carbonyl (C=O) groups excluding carboxylic acids is 1. The van der Waals surface area contributed by atoms with E-state index in [1.807, 2.05) is 35.0 Å². The first-order valence-corrected chi connectivity index (χ1v) is 7.99. The minimum atomic E-state index is -0.0414. The number of anilines is 1. The summed E-state index contributed by atoms with van der Waals surface area (Å²) in [4.78, 5) is 24.3. The lowest BCUT2D eigenvalue weighted by Gasteiger charge is -2.09. The number of aromatic nitrogens is 4. The summed E-state index contributed by atoms with van der Waals surface area (Å²) in [6.45, 7) is 1.78. The molecule has 0 fully saturated rings. The van der Waals surface area contributed by atoms with Crippen LogP contribution in [0.2, 0.25) is 0 Å². The second-order valence-corrected chi connectivity index (χ2v) is 5.45. The molecule has 124 valence electrons. The van der Waals surface area contributed by atoms with E-state index in [1.54, 1.807) is 12.5 Å². The van der Waals surface area contributed by atoms with Gasteiger partial charge in [0.1, 0.15) is 12.1 Å². The van der Waals surface area contributed by atoms with E-state index in [4.69, 9.17) is 0 Å². The number of nitrogens with one attached hydrogen (secondary N) is 2. The Hall–Kier alpha value is -2.96. The smallest absolute Gasteiger partial charge is 0.239 e. The Morgan fingerprint density at radius 2 is 2.08 bits per heavy atom. The van der Waals surface area contributed by atoms with Crippen molar-refractivity contribution in [3.05, 3.63) is 49.3 Å². The molecule has 7 heteroatoms. The van der Waals surface area contributed by atoms with Gasteiger partial charge in [-0.25, -0.2) is 15.0 Å². The van der Waals surface area contributed by atoms with Crippen molar-refractivity contribution in [3.8, 4) is 0 Å². The number of fused-ring (bicyclic) bond motifs is 1. The first-order chi connectivity index (χ1) is 11.8. The molecule has 3 aromatic rings. The van der Waals surface area contributed by atoms with Crippen LogP contribution in [-0.4, -0.2) is 38.5 Å². The highest BCUT2D eigenvalue weighted by Crippen LogP contribution is 2.17. The molecule has 0 aliphatic heterocycles. The molecule has 0 bridgehead atoms. The van der Waals surface area contributed by atoms with Crippen LogP contribution in [0.5, 0.6) is 0 Å². The van der Waals surface area contributed by atoms with Crippen molar-refractivity contribution < 1.29 is 4.79 Å². The van der Waals surface area contributed by atoms with Gasteiger partial charge in [0.15, 0.2) is 0 Å². The number of nitrogens with zero attached hydrogens (tertiary/aromatic N) is 4. The van der Waals surface area contributed by atoms with Crippen molar-refractivity contribution in [2.45, 2.75) is 19.4 Å². The molecular formula is C17H20N6O. The molecule has 0 radical (unpaired) electrons. The number of carbonyl (C=O) groups is 1. The van der Waals surface area contributed by atoms with Gasteiger partial charge in [-0.1, -0.05) is 12.1 Å². The number of unbranched alkanes of at least 4 members (excludes halogenated alkanes) is 1. The van der Waals surface area contributed by atoms with Crippen molar-refractivity contribution >= 4 is 22.6 Å². The largest absolute Gasteiger partial charge is 0.360 e. The monoisotopic (exact) mass is 324 g/mol. The molecule has 0 saturated heterocycles. The number of imidazole rings is 1. The summed E-state index contributed by atoms with van der Waals surface area (Å²) in [7, 11) is 0. The minimum absolute atomic E-state index is 0.0414. The van der Waals surface area contributed by atoms with Gasteiger partial charge in [-0.05, 0) is 25.0 Å². The zero-order valence-corrected chi connectivity index (χ0v) is 13.4. The number of benzene rings is 1. The highest BCUT2D eigenvalue weighted by atomic mass is 16.1. The average Bonchev–Trinajstić information content (AvgIpc) is 3.13. The number of aryl methyl sites for hydroxylation is 1. The molecular weight excluding hydrogens is 304 g/mol. The molecule has 0 spiro atoms. The Kier molecular flexibility index (Phi) is 5.34. The van der Waals surface area contributed by atoms with Gasteiger partial charge in [0.05, 0.1) is 18.4 Å². The molecule has 3 rings (SSSR count). The topological polar surface area (TPSA) is 84.7 Å². The standard InChI is InChI=1S/C17H20N6O/c24-16(19-7-3-4-9-23-10-8-18-13-23)11-20-17-14-5-1-2-6-15(14)21-12-22-17/h1-2,5-6,8,10,12-13H,3-4,7,9,11H2,(H,19,24)(H,20,21,22). The van der Waals surface area contributed by atoms with Gasteiger partial charge in [0, 0.05) is 30.9 Å². The van der Waals surface area contributed by atoms with Crippen LogP contribution in [0.25, 0.3) is 10.9 Å². The van der Waals surface area contributed by atoms with E-state index in [0.29, 0.717) is 12.4 Å². The number of hydrogen-bond acceptors (Lipinski definition) is 5. The molecule has 0 saturated carbocycles. The van der Waals surface area contributed by atoms with Crippen LogP contribution in [-0.2, 0) is 11.3 Å². The second-order valence-electron chi connectivity index (χ2n) is 5.45. The lowest BCUT2D eigenvalue weighted by Crippen LogP contribution is -2.30. The van der Waals surface area contributed by atoms with Gasteiger partial charge in [-0.2, -0.15) is 0 Å². The first kappa shape index (κ1) is 15.9. The fourth-order valence-electron chi connectivity index (χ4n) is 2.44. The summed E-state index contributed by atoms with van der Waals surface area (Å²) in [6.07, 6.45) is 8.94. The fraction of sp³-hybridized carbons (Fsp3) is 0.294. The van der Waals surface area contributed by atoms with E-state index >= 15 is 0 Å². The highest BCUT2D eigenvalue weighted by molar-refractivity contribution is 5.90. The molecule has 24 heavy (non-hydrogen) atoms. The van der Waals surface area contributed by atoms with Gasteiger partial charge in [0.25, 0.3) is 0 Å². The van der Waals surface area contributed by atoms with Crippen LogP contribution in [0.4, 0.5) is 5.82 Å². The third kappa shape index (κ3) is 4.28. The van der Waals surface area contributed by atoms with E-state index in [0.717, 1.165) is 30.3 Å². The van der Waals surface area contributed by atoms with Crippen molar-refractivity contribution in [2.75, 3.05) is 18.4 Å². The molecule has 0 aliphatic carbocycles. The van der Waals surface area contributed by atoms with Crippen LogP contribution in [0.3, 0.4) is 0 Å². The van der Waals surface area contributed by atoms with E-state index in [2.05, 4.69) is 25.6 Å². The Morgan fingerprint density at radius 1 is 1.17 bits per heavy atom. The SMILES string of the molecule is O=C(CNc1ncnc2ccccc12)NCCCCn1ccnc1. The Morgan fingerprint density at radius 3 is 2.96 bits per heavy atom. The molecule has 2 N–H and O–H groups in total. The summed E-state index contributed by atoms with van der Waals surface area (Å²) in [5, 5.41) is 6.90. The van der Waals surface area contributed by atoms with Gasteiger partial charge < -0.3 is 15.2 Å². The van der Waals surface area contributed by atoms with Crippen LogP contribution >= 0.6 is 0 Å². The third-order valence-electron chi connectivity index (χ3n) is 3.68. The normalized spacial score (nSPS) is 10.7. The molecule has 2 heterocycles. The summed E-state index contributed by atoms with van der Waals surface area (Å²) < 4.78 is 2.03. The molecule has 1 aromatic carbocycles. The molecule has 0 aliphatic rings. The number of amides is 1. The lowest BCUT2D eigenvalue weighted by atomic mass is 10.2. The minimum Gasteiger partial charge on any atom is -0.360 e. The predicted octanol–water partition coefficient (Wildman–Crippen LogP) is 1.83. The number of para-hydroxylation sites is 1. The van der Waals surface area contributed by atoms with Gasteiger partial charge in [-0.15, -0.1) is 0 Å². The molecule has 0 unspecified atom stereocenters. The van der Waals surface area contributed by atoms with E-state index in [9.17, 15) is 4.79 Å². The second kappa shape index (κ2) is 8.05. The van der Waals surface area contributed by atoms with Crippen LogP contribution in [0.1, 0.15) is 12.8 Å². The van der Waals surface area contributed by atoms with Gasteiger partial charge in [-0.3, -0.25) is 4.79 Å². The van der Waals surface area contributed by atoms with E-state index in [-0.39, 0.29) is 12.5 Å². The van der Waals surface area contributed by atoms with Crippen LogP contribution in [0.15, 0.2) is 49.3 Å². The van der Waals surface area contributed by atoms with Crippen molar-refractivity contribution in [1.82, 2.24) is 24.8 Å². The Balaban J connectivity index is 1.39. The Labute approximate surface area is 140 Å². The Bertz CT molecular complexity index is 781. The maximum Gasteiger partial charge on any atom is 0.239 e. The molecule has 0 atom stereocenters. The summed E-state index contributed by atoms with van der Waals surface area (Å²) >= 11 is 0. The summed E-state index contributed by atoms with van der Waals surface area (Å²) in [5.74, 6) is 0.635. The average molecular weight is 324 g/mol. The first-order valence-electron chi connectivity index (χ1n) is 7.99. The van der Waals surface area contributed by atoms with E-state index in [1.165, 1.54) is 6.33 Å². The molecule has 7 nitrogen and oxygen atoms in total. The molecule has 2 aromatic heterocycles. The lowest BCUT2D eigenvalue weighted by molar-refractivity contribution is -0.119. The van der Waals surface area contributed by atoms with Crippen molar-refractivity contribution in [2.24, 2.45) is 0 Å². The summed E-state index contributed by atoms with van der Waals surface area (Å²) in [6, 6.07) is 7.71. The predicted molar refractivity (Wildman–Crippen MR) is 92.5 cm³/mol.